The zero-order valence-electron chi connectivity index (χ0n) is 19.6. The van der Waals surface area contributed by atoms with Crippen molar-refractivity contribution in [2.45, 2.75) is 51.9 Å². The lowest BCUT2D eigenvalue weighted by Gasteiger charge is -2.11. The van der Waals surface area contributed by atoms with Gasteiger partial charge in [-0.15, -0.1) is 0 Å². The fraction of sp³-hybridized carbons (Fsp3) is 0.267. The predicted octanol–water partition coefficient (Wildman–Crippen LogP) is 9.62. The van der Waals surface area contributed by atoms with Crippen LogP contribution in [0.1, 0.15) is 49.3 Å². The Bertz CT molecular complexity index is 1320. The van der Waals surface area contributed by atoms with Crippen molar-refractivity contribution in [3.63, 3.8) is 0 Å². The van der Waals surface area contributed by atoms with Gasteiger partial charge < -0.3 is 0 Å². The second-order valence-corrected chi connectivity index (χ2v) is 9.35. The molecule has 0 aliphatic rings. The van der Waals surface area contributed by atoms with Crippen LogP contribution in [-0.4, -0.2) is 0 Å². The van der Waals surface area contributed by atoms with Crippen molar-refractivity contribution in [2.75, 3.05) is 0 Å². The highest BCUT2D eigenvalue weighted by Crippen LogP contribution is 2.30. The second kappa shape index (κ2) is 11.3. The quantitative estimate of drug-likeness (QED) is 0.122. The molecule has 0 fully saturated rings. The van der Waals surface area contributed by atoms with Gasteiger partial charge in [0, 0.05) is 10.9 Å². The predicted molar refractivity (Wildman–Crippen MR) is 136 cm³/mol. The molecule has 0 radical (unpaired) electrons. The fourth-order valence-corrected chi connectivity index (χ4v) is 4.54. The van der Waals surface area contributed by atoms with E-state index >= 15 is 4.39 Å². The van der Waals surface area contributed by atoms with Gasteiger partial charge >= 0.3 is 0 Å². The molecule has 0 aliphatic carbocycles. The Morgan fingerprint density at radius 3 is 2.11 bits per heavy atom. The van der Waals surface area contributed by atoms with E-state index in [0.717, 1.165) is 24.8 Å². The summed E-state index contributed by atoms with van der Waals surface area (Å²) in [4.78, 5) is 0. The number of halogens is 5. The SMILES string of the molecule is CCCCCCc1ccc(-c2ccc3c(F)c(CCc4cc(F)c(Cl)c(F)c4)ccc3c2)c(F)c1. The van der Waals surface area contributed by atoms with Crippen molar-refractivity contribution in [3.05, 3.63) is 106 Å². The van der Waals surface area contributed by atoms with Crippen LogP contribution >= 0.6 is 11.6 Å². The Labute approximate surface area is 208 Å². The number of hydrogen-bond acceptors (Lipinski definition) is 0. The molecule has 4 rings (SSSR count). The van der Waals surface area contributed by atoms with Crippen molar-refractivity contribution in [1.82, 2.24) is 0 Å². The highest BCUT2D eigenvalue weighted by molar-refractivity contribution is 6.30. The van der Waals surface area contributed by atoms with Gasteiger partial charge in [-0.05, 0) is 77.6 Å². The van der Waals surface area contributed by atoms with E-state index in [0.29, 0.717) is 33.0 Å². The van der Waals surface area contributed by atoms with E-state index in [1.165, 1.54) is 25.0 Å². The van der Waals surface area contributed by atoms with E-state index in [9.17, 15) is 13.2 Å². The third-order valence-corrected chi connectivity index (χ3v) is 6.79. The van der Waals surface area contributed by atoms with Gasteiger partial charge in [-0.25, -0.2) is 17.6 Å². The van der Waals surface area contributed by atoms with E-state index in [-0.39, 0.29) is 24.5 Å². The lowest BCUT2D eigenvalue weighted by atomic mass is 9.96. The summed E-state index contributed by atoms with van der Waals surface area (Å²) in [6.07, 6.45) is 5.95. The molecule has 0 spiro atoms. The van der Waals surface area contributed by atoms with Gasteiger partial charge in [0.2, 0.25) is 0 Å². The first kappa shape index (κ1) is 25.2. The van der Waals surface area contributed by atoms with Crippen molar-refractivity contribution in [2.24, 2.45) is 0 Å². The maximum absolute atomic E-state index is 15.2. The molecule has 0 N–H and O–H groups in total. The molecule has 0 heterocycles. The molecule has 182 valence electrons. The second-order valence-electron chi connectivity index (χ2n) is 8.97. The third kappa shape index (κ3) is 5.87. The van der Waals surface area contributed by atoms with Gasteiger partial charge in [-0.2, -0.15) is 0 Å². The van der Waals surface area contributed by atoms with Crippen molar-refractivity contribution >= 4 is 22.4 Å². The Balaban J connectivity index is 1.52. The van der Waals surface area contributed by atoms with Crippen LogP contribution in [0.4, 0.5) is 17.6 Å². The zero-order valence-corrected chi connectivity index (χ0v) is 20.4. The summed E-state index contributed by atoms with van der Waals surface area (Å²) in [5.41, 5.74) is 3.01. The minimum absolute atomic E-state index is 0.265. The smallest absolute Gasteiger partial charge is 0.145 e. The lowest BCUT2D eigenvalue weighted by Crippen LogP contribution is -1.98. The molecule has 0 atom stereocenters. The molecule has 0 aliphatic heterocycles. The maximum atomic E-state index is 15.2. The van der Waals surface area contributed by atoms with Crippen LogP contribution in [0, 0.1) is 23.3 Å². The number of benzene rings is 4. The van der Waals surface area contributed by atoms with Gasteiger partial charge in [0.15, 0.2) is 0 Å². The van der Waals surface area contributed by atoms with Gasteiger partial charge in [-0.3, -0.25) is 0 Å². The summed E-state index contributed by atoms with van der Waals surface area (Å²) in [6, 6.07) is 16.3. The molecular formula is C30H27ClF4. The van der Waals surface area contributed by atoms with Crippen LogP contribution in [0.25, 0.3) is 21.9 Å². The number of rotatable bonds is 9. The molecular weight excluding hydrogens is 472 g/mol. The van der Waals surface area contributed by atoms with E-state index in [1.807, 2.05) is 6.07 Å². The molecule has 0 amide bonds. The van der Waals surface area contributed by atoms with Crippen LogP contribution in [0.5, 0.6) is 0 Å². The first-order valence-electron chi connectivity index (χ1n) is 12.0. The molecule has 5 heteroatoms. The zero-order chi connectivity index (χ0) is 24.9. The molecule has 4 aromatic carbocycles. The van der Waals surface area contributed by atoms with Gasteiger partial charge in [0.05, 0.1) is 0 Å². The van der Waals surface area contributed by atoms with Crippen molar-refractivity contribution < 1.29 is 17.6 Å². The first-order chi connectivity index (χ1) is 16.9. The summed E-state index contributed by atoms with van der Waals surface area (Å²) < 4.78 is 57.4. The van der Waals surface area contributed by atoms with E-state index in [4.69, 9.17) is 11.6 Å². The average Bonchev–Trinajstić information content (AvgIpc) is 2.84. The molecule has 0 unspecified atom stereocenters. The van der Waals surface area contributed by atoms with Gasteiger partial charge in [-0.1, -0.05) is 74.2 Å². The number of unbranched alkanes of at least 4 members (excludes halogenated alkanes) is 3. The first-order valence-corrected chi connectivity index (χ1v) is 12.4. The summed E-state index contributed by atoms with van der Waals surface area (Å²) in [5, 5.41) is 0.544. The molecule has 0 nitrogen and oxygen atoms in total. The normalized spacial score (nSPS) is 11.4. The minimum atomic E-state index is -0.829. The molecule has 35 heavy (non-hydrogen) atoms. The number of aryl methyl sites for hydroxylation is 3. The highest BCUT2D eigenvalue weighted by atomic mass is 35.5. The van der Waals surface area contributed by atoms with Crippen LogP contribution in [0.15, 0.2) is 60.7 Å². The monoisotopic (exact) mass is 498 g/mol. The fourth-order valence-electron chi connectivity index (χ4n) is 4.43. The molecule has 4 aromatic rings. The number of hydrogen-bond donors (Lipinski definition) is 0. The van der Waals surface area contributed by atoms with Crippen LogP contribution in [0.2, 0.25) is 5.02 Å². The van der Waals surface area contributed by atoms with Crippen LogP contribution in [-0.2, 0) is 19.3 Å². The van der Waals surface area contributed by atoms with Crippen LogP contribution in [0.3, 0.4) is 0 Å². The minimum Gasteiger partial charge on any atom is -0.206 e. The van der Waals surface area contributed by atoms with E-state index < -0.39 is 16.7 Å². The number of fused-ring (bicyclic) bond motifs is 1. The highest BCUT2D eigenvalue weighted by Gasteiger charge is 2.13. The summed E-state index contributed by atoms with van der Waals surface area (Å²) >= 11 is 5.53. The average molecular weight is 499 g/mol. The Morgan fingerprint density at radius 2 is 1.40 bits per heavy atom. The van der Waals surface area contributed by atoms with Crippen molar-refractivity contribution in [3.8, 4) is 11.1 Å². The molecule has 0 bridgehead atoms. The molecule has 0 saturated heterocycles. The van der Waals surface area contributed by atoms with E-state index in [1.54, 1.807) is 42.5 Å². The summed E-state index contributed by atoms with van der Waals surface area (Å²) in [7, 11) is 0. The van der Waals surface area contributed by atoms with Gasteiger partial charge in [0.1, 0.15) is 28.3 Å². The van der Waals surface area contributed by atoms with E-state index in [2.05, 4.69) is 6.92 Å². The third-order valence-electron chi connectivity index (χ3n) is 6.42. The Hall–Kier alpha value is -2.85. The molecule has 0 saturated carbocycles. The Kier molecular flexibility index (Phi) is 8.12. The maximum Gasteiger partial charge on any atom is 0.145 e. The standard InChI is InChI=1S/C30H27ClF4/c1-2-3-4-5-6-19-8-13-24(26(32)15-19)22-12-14-25-23(18-22)11-10-21(30(25)35)9-7-20-16-27(33)29(31)28(34)17-20/h8,10-18H,2-7,9H2,1H3. The van der Waals surface area contributed by atoms with Crippen molar-refractivity contribution in [1.29, 1.82) is 0 Å². The lowest BCUT2D eigenvalue weighted by molar-refractivity contribution is 0.579. The topological polar surface area (TPSA) is 0 Å². The summed E-state index contributed by atoms with van der Waals surface area (Å²) in [6.45, 7) is 2.16. The van der Waals surface area contributed by atoms with Crippen LogP contribution < -0.4 is 0 Å². The van der Waals surface area contributed by atoms with Gasteiger partial charge in [0.25, 0.3) is 0 Å². The Morgan fingerprint density at radius 1 is 0.657 bits per heavy atom. The summed E-state index contributed by atoms with van der Waals surface area (Å²) in [5.74, 6) is -2.32. The largest absolute Gasteiger partial charge is 0.206 e. The molecule has 0 aromatic heterocycles.